The van der Waals surface area contributed by atoms with Crippen LogP contribution in [0.1, 0.15) is 27.7 Å². The number of carbonyl (C=O) groups excluding carboxylic acids is 1. The van der Waals surface area contributed by atoms with Crippen LogP contribution in [0.15, 0.2) is 51.5 Å². The van der Waals surface area contributed by atoms with Gasteiger partial charge in [-0.15, -0.1) is 10.2 Å². The molecule has 1 aliphatic rings. The highest BCUT2D eigenvalue weighted by Gasteiger charge is 2.30. The van der Waals surface area contributed by atoms with Crippen LogP contribution < -0.4 is 11.1 Å². The summed E-state index contributed by atoms with van der Waals surface area (Å²) in [4.78, 5) is 15.3. The number of phenols is 1. The minimum atomic E-state index is -0.634. The Morgan fingerprint density at radius 2 is 1.86 bits per heavy atom. The summed E-state index contributed by atoms with van der Waals surface area (Å²) in [5.74, 6) is -0.505. The lowest BCUT2D eigenvalue weighted by molar-refractivity contribution is 0.0995. The van der Waals surface area contributed by atoms with E-state index in [1.807, 2.05) is 42.6 Å². The van der Waals surface area contributed by atoms with Crippen LogP contribution in [0.3, 0.4) is 0 Å². The lowest BCUT2D eigenvalue weighted by Gasteiger charge is -2.20. The van der Waals surface area contributed by atoms with Crippen LogP contribution in [0.25, 0.3) is 22.2 Å². The molecule has 1 atom stereocenters. The maximum absolute atomic E-state index is 12.1. The zero-order chi connectivity index (χ0) is 20.3. The molecule has 2 aromatic carbocycles. The number of nitrogens with two attached hydrogens (primary N) is 1. The van der Waals surface area contributed by atoms with Gasteiger partial charge >= 0.3 is 0 Å². The summed E-state index contributed by atoms with van der Waals surface area (Å²) in [7, 11) is 0. The number of primary amides is 1. The predicted octanol–water partition coefficient (Wildman–Crippen LogP) is 4.47. The summed E-state index contributed by atoms with van der Waals surface area (Å²) < 4.78 is 1.14. The molecular formula is C20H13Br2N5O2. The fraction of sp³-hybridized carbons (Fsp3) is 0.0500. The van der Waals surface area contributed by atoms with Crippen molar-refractivity contribution in [3.05, 3.63) is 68.4 Å². The SMILES string of the molecule is NC(=O)c1nnc2[nH]cc3c2c1-c1ccccc1NC3c1cc(Br)c(O)c(Br)c1. The molecule has 29 heavy (non-hydrogen) atoms. The summed E-state index contributed by atoms with van der Waals surface area (Å²) in [6.07, 6.45) is 1.85. The quantitative estimate of drug-likeness (QED) is 0.315. The van der Waals surface area contributed by atoms with Crippen molar-refractivity contribution in [2.24, 2.45) is 5.73 Å². The fourth-order valence-corrected chi connectivity index (χ4v) is 5.00. The number of hydrogen-bond acceptors (Lipinski definition) is 5. The highest BCUT2D eigenvalue weighted by molar-refractivity contribution is 9.11. The third kappa shape index (κ3) is 2.72. The second kappa shape index (κ2) is 6.57. The highest BCUT2D eigenvalue weighted by Crippen LogP contribution is 2.46. The minimum absolute atomic E-state index is 0.126. The number of H-pyrrole nitrogens is 1. The zero-order valence-corrected chi connectivity index (χ0v) is 17.9. The van der Waals surface area contributed by atoms with E-state index in [1.54, 1.807) is 0 Å². The number of phenolic OH excluding ortho intramolecular Hbond substituents is 1. The molecule has 0 spiro atoms. The number of nitrogens with zero attached hydrogens (tertiary/aromatic N) is 2. The third-order valence-corrected chi connectivity index (χ3v) is 6.25. The number of anilines is 1. The van der Waals surface area contributed by atoms with Crippen LogP contribution in [0.5, 0.6) is 5.75 Å². The van der Waals surface area contributed by atoms with Gasteiger partial charge in [-0.05, 0) is 55.6 Å². The summed E-state index contributed by atoms with van der Waals surface area (Å²) in [5.41, 5.74) is 10.4. The number of nitrogens with one attached hydrogen (secondary N) is 2. The molecule has 5 N–H and O–H groups in total. The van der Waals surface area contributed by atoms with Gasteiger partial charge in [-0.25, -0.2) is 0 Å². The summed E-state index contributed by atoms with van der Waals surface area (Å²) >= 11 is 6.81. The van der Waals surface area contributed by atoms with Crippen molar-refractivity contribution >= 4 is 54.5 Å². The number of carbonyl (C=O) groups is 1. The number of aromatic hydroxyl groups is 1. The van der Waals surface area contributed by atoms with E-state index < -0.39 is 5.91 Å². The van der Waals surface area contributed by atoms with Crippen LogP contribution in [0.4, 0.5) is 5.69 Å². The monoisotopic (exact) mass is 513 g/mol. The topological polar surface area (TPSA) is 117 Å². The molecule has 3 heterocycles. The van der Waals surface area contributed by atoms with Crippen molar-refractivity contribution < 1.29 is 9.90 Å². The first-order valence-corrected chi connectivity index (χ1v) is 10.3. The zero-order valence-electron chi connectivity index (χ0n) is 14.7. The Hall–Kier alpha value is -2.91. The molecule has 0 bridgehead atoms. The lowest BCUT2D eigenvalue weighted by atomic mass is 9.95. The Kier molecular flexibility index (Phi) is 4.11. The Morgan fingerprint density at radius 1 is 1.14 bits per heavy atom. The fourth-order valence-electron chi connectivity index (χ4n) is 3.77. The van der Waals surface area contributed by atoms with Gasteiger partial charge in [-0.2, -0.15) is 0 Å². The van der Waals surface area contributed by atoms with E-state index in [-0.39, 0.29) is 17.5 Å². The molecule has 144 valence electrons. The number of halogens is 2. The summed E-state index contributed by atoms with van der Waals surface area (Å²) in [6.45, 7) is 0. The van der Waals surface area contributed by atoms with Crippen molar-refractivity contribution in [1.29, 1.82) is 0 Å². The van der Waals surface area contributed by atoms with Gasteiger partial charge in [0.25, 0.3) is 5.91 Å². The van der Waals surface area contributed by atoms with Crippen molar-refractivity contribution in [2.45, 2.75) is 6.04 Å². The molecule has 9 heteroatoms. The highest BCUT2D eigenvalue weighted by atomic mass is 79.9. The molecule has 0 radical (unpaired) electrons. The Labute approximate surface area is 181 Å². The first kappa shape index (κ1) is 18.1. The van der Waals surface area contributed by atoms with Gasteiger partial charge in [-0.3, -0.25) is 4.79 Å². The van der Waals surface area contributed by atoms with E-state index in [0.717, 1.165) is 27.8 Å². The maximum Gasteiger partial charge on any atom is 0.269 e. The van der Waals surface area contributed by atoms with Crippen LogP contribution in [-0.4, -0.2) is 26.2 Å². The second-order valence-electron chi connectivity index (χ2n) is 6.71. The van der Waals surface area contributed by atoms with Gasteiger partial charge in [0, 0.05) is 34.0 Å². The molecule has 1 unspecified atom stereocenters. The van der Waals surface area contributed by atoms with Crippen molar-refractivity contribution in [2.75, 3.05) is 5.32 Å². The van der Waals surface area contributed by atoms with E-state index in [1.165, 1.54) is 0 Å². The van der Waals surface area contributed by atoms with Gasteiger partial charge in [0.2, 0.25) is 0 Å². The van der Waals surface area contributed by atoms with Crippen LogP contribution >= 0.6 is 31.9 Å². The predicted molar refractivity (Wildman–Crippen MR) is 117 cm³/mol. The number of amides is 1. The maximum atomic E-state index is 12.1. The van der Waals surface area contributed by atoms with Gasteiger partial charge < -0.3 is 21.1 Å². The molecule has 5 rings (SSSR count). The standard InChI is InChI=1S/C20H13Br2N5O2/c21-11-5-8(6-12(22)18(11)28)16-10-7-24-20-15(10)14(17(19(23)29)26-27-20)9-3-1-2-4-13(9)25-16/h1-7,16,25,28H,(H2,23,29)(H,24,27). The van der Waals surface area contributed by atoms with Gasteiger partial charge in [-0.1, -0.05) is 18.2 Å². The number of aromatic nitrogens is 3. The number of hydrogen-bond donors (Lipinski definition) is 4. The number of para-hydroxylation sites is 1. The van der Waals surface area contributed by atoms with E-state index in [9.17, 15) is 9.90 Å². The molecule has 0 saturated heterocycles. The normalized spacial score (nSPS) is 14.9. The molecule has 4 aromatic rings. The molecule has 2 aromatic heterocycles. The van der Waals surface area contributed by atoms with E-state index in [2.05, 4.69) is 52.4 Å². The average molecular weight is 515 g/mol. The van der Waals surface area contributed by atoms with Crippen molar-refractivity contribution in [3.8, 4) is 16.9 Å². The van der Waals surface area contributed by atoms with Gasteiger partial charge in [0.15, 0.2) is 11.3 Å². The molecule has 0 fully saturated rings. The number of aromatic amines is 1. The molecule has 0 aliphatic carbocycles. The van der Waals surface area contributed by atoms with Gasteiger partial charge in [0.05, 0.1) is 15.0 Å². The second-order valence-corrected chi connectivity index (χ2v) is 8.42. The first-order chi connectivity index (χ1) is 14.0. The van der Waals surface area contributed by atoms with Crippen molar-refractivity contribution in [1.82, 2.24) is 15.2 Å². The van der Waals surface area contributed by atoms with Gasteiger partial charge in [0.1, 0.15) is 5.75 Å². The smallest absolute Gasteiger partial charge is 0.269 e. The largest absolute Gasteiger partial charge is 0.506 e. The van der Waals surface area contributed by atoms with Crippen molar-refractivity contribution in [3.63, 3.8) is 0 Å². The molecule has 1 amide bonds. The van der Waals surface area contributed by atoms with Crippen LogP contribution in [0, 0.1) is 0 Å². The molecule has 1 aliphatic heterocycles. The van der Waals surface area contributed by atoms with E-state index >= 15 is 0 Å². The number of rotatable bonds is 2. The average Bonchev–Trinajstić information content (AvgIpc) is 3.06. The third-order valence-electron chi connectivity index (χ3n) is 5.04. The van der Waals surface area contributed by atoms with Crippen LogP contribution in [-0.2, 0) is 0 Å². The van der Waals surface area contributed by atoms with E-state index in [0.29, 0.717) is 20.2 Å². The molecule has 7 nitrogen and oxygen atoms in total. The molecular weight excluding hydrogens is 502 g/mol. The lowest BCUT2D eigenvalue weighted by Crippen LogP contribution is -2.15. The Balaban J connectivity index is 1.88. The Morgan fingerprint density at radius 3 is 2.59 bits per heavy atom. The number of benzene rings is 2. The summed E-state index contributed by atoms with van der Waals surface area (Å²) in [5, 5.41) is 22.7. The van der Waals surface area contributed by atoms with E-state index in [4.69, 9.17) is 5.73 Å². The number of fused-ring (bicyclic) bond motifs is 2. The minimum Gasteiger partial charge on any atom is -0.506 e. The summed E-state index contributed by atoms with van der Waals surface area (Å²) in [6, 6.07) is 11.1. The van der Waals surface area contributed by atoms with Crippen LogP contribution in [0.2, 0.25) is 0 Å². The first-order valence-electron chi connectivity index (χ1n) is 8.67. The Bertz CT molecular complexity index is 1290. The molecule has 0 saturated carbocycles.